The Labute approximate surface area is 118 Å². The number of nitrogens with one attached hydrogen (secondary N) is 1. The molecular formula is C13H21N5O2. The topological polar surface area (TPSA) is 80.1 Å². The lowest BCUT2D eigenvalue weighted by Crippen LogP contribution is -2.64. The van der Waals surface area contributed by atoms with E-state index < -0.39 is 12.1 Å². The van der Waals surface area contributed by atoms with Crippen molar-refractivity contribution in [3.8, 4) is 0 Å². The molecule has 1 aromatic heterocycles. The van der Waals surface area contributed by atoms with Crippen molar-refractivity contribution in [1.29, 1.82) is 0 Å². The van der Waals surface area contributed by atoms with Crippen molar-refractivity contribution in [2.75, 3.05) is 0 Å². The van der Waals surface area contributed by atoms with Crippen LogP contribution in [0.15, 0.2) is 6.20 Å². The molecule has 0 spiro atoms. The second-order valence-electron chi connectivity index (χ2n) is 5.51. The molecule has 2 unspecified atom stereocenters. The highest BCUT2D eigenvalue weighted by molar-refractivity contribution is 5.97. The molecule has 2 amide bonds. The van der Waals surface area contributed by atoms with Crippen LogP contribution in [0.4, 0.5) is 0 Å². The van der Waals surface area contributed by atoms with Crippen LogP contribution >= 0.6 is 0 Å². The van der Waals surface area contributed by atoms with Gasteiger partial charge in [0.05, 0.1) is 6.54 Å². The highest BCUT2D eigenvalue weighted by Crippen LogP contribution is 2.20. The fourth-order valence-corrected chi connectivity index (χ4v) is 2.56. The number of amides is 2. The molecule has 1 aliphatic heterocycles. The first-order valence-corrected chi connectivity index (χ1v) is 6.90. The Morgan fingerprint density at radius 1 is 1.40 bits per heavy atom. The van der Waals surface area contributed by atoms with Crippen molar-refractivity contribution in [2.45, 2.75) is 45.8 Å². The molecule has 0 aromatic carbocycles. The third-order valence-corrected chi connectivity index (χ3v) is 3.52. The molecule has 0 radical (unpaired) electrons. The van der Waals surface area contributed by atoms with E-state index in [4.69, 9.17) is 0 Å². The number of hydrogen-bond acceptors (Lipinski definition) is 4. The molecule has 7 heteroatoms. The third-order valence-electron chi connectivity index (χ3n) is 3.52. The first-order chi connectivity index (χ1) is 9.43. The lowest BCUT2D eigenvalue weighted by Gasteiger charge is -2.40. The predicted molar refractivity (Wildman–Crippen MR) is 72.4 cm³/mol. The molecule has 1 fully saturated rings. The minimum atomic E-state index is -0.452. The van der Waals surface area contributed by atoms with Gasteiger partial charge >= 0.3 is 0 Å². The number of carbonyl (C=O) groups is 2. The maximum absolute atomic E-state index is 12.5. The molecule has 0 bridgehead atoms. The van der Waals surface area contributed by atoms with E-state index in [1.807, 2.05) is 20.8 Å². The van der Waals surface area contributed by atoms with Crippen molar-refractivity contribution in [2.24, 2.45) is 13.0 Å². The normalized spacial score (nSPS) is 23.4. The van der Waals surface area contributed by atoms with E-state index in [9.17, 15) is 9.59 Å². The summed E-state index contributed by atoms with van der Waals surface area (Å²) < 4.78 is 1.59. The van der Waals surface area contributed by atoms with Crippen LogP contribution in [0, 0.1) is 5.92 Å². The van der Waals surface area contributed by atoms with E-state index in [2.05, 4.69) is 15.6 Å². The van der Waals surface area contributed by atoms with Gasteiger partial charge in [-0.15, -0.1) is 5.10 Å². The summed E-state index contributed by atoms with van der Waals surface area (Å²) >= 11 is 0. The zero-order valence-electron chi connectivity index (χ0n) is 12.3. The molecule has 1 N–H and O–H groups in total. The van der Waals surface area contributed by atoms with Gasteiger partial charge in [0.15, 0.2) is 0 Å². The van der Waals surface area contributed by atoms with Gasteiger partial charge in [0.1, 0.15) is 17.8 Å². The molecule has 2 rings (SSSR count). The molecule has 0 aliphatic carbocycles. The van der Waals surface area contributed by atoms with E-state index in [0.29, 0.717) is 18.7 Å². The first kappa shape index (κ1) is 14.5. The van der Waals surface area contributed by atoms with Gasteiger partial charge in [-0.1, -0.05) is 26.0 Å². The molecule has 1 saturated heterocycles. The van der Waals surface area contributed by atoms with Crippen LogP contribution in [0.1, 0.15) is 32.9 Å². The van der Waals surface area contributed by atoms with E-state index in [1.165, 1.54) is 0 Å². The van der Waals surface area contributed by atoms with Crippen molar-refractivity contribution < 1.29 is 9.59 Å². The van der Waals surface area contributed by atoms with Crippen LogP contribution in [-0.2, 0) is 23.2 Å². The number of aryl methyl sites for hydroxylation is 1. The standard InChI is InChI=1S/C13H21N5O2/c1-5-10-13(20)18(7-9-6-17(4)16-15-9)11(8(2)3)12(19)14-10/h6,8,10-11H,5,7H2,1-4H3,(H,14,19). The van der Waals surface area contributed by atoms with Crippen molar-refractivity contribution in [3.05, 3.63) is 11.9 Å². The zero-order valence-corrected chi connectivity index (χ0v) is 12.3. The van der Waals surface area contributed by atoms with Crippen LogP contribution < -0.4 is 5.32 Å². The summed E-state index contributed by atoms with van der Waals surface area (Å²) in [4.78, 5) is 26.3. The van der Waals surface area contributed by atoms with Crippen molar-refractivity contribution in [1.82, 2.24) is 25.2 Å². The average Bonchev–Trinajstić information content (AvgIpc) is 2.78. The molecule has 1 aliphatic rings. The molecule has 2 atom stereocenters. The quantitative estimate of drug-likeness (QED) is 0.846. The van der Waals surface area contributed by atoms with Gasteiger partial charge in [-0.25, -0.2) is 0 Å². The zero-order chi connectivity index (χ0) is 14.9. The summed E-state index contributed by atoms with van der Waals surface area (Å²) in [5, 5.41) is 10.7. The number of rotatable bonds is 4. The number of nitrogens with zero attached hydrogens (tertiary/aromatic N) is 4. The predicted octanol–water partition coefficient (Wildman–Crippen LogP) is 0.0767. The Balaban J connectivity index is 2.27. The Bertz CT molecular complexity index is 511. The molecule has 1 aromatic rings. The van der Waals surface area contributed by atoms with Crippen LogP contribution in [0.2, 0.25) is 0 Å². The highest BCUT2D eigenvalue weighted by Gasteiger charge is 2.41. The summed E-state index contributed by atoms with van der Waals surface area (Å²) in [6.45, 7) is 6.08. The molecule has 2 heterocycles. The Kier molecular flexibility index (Phi) is 4.06. The average molecular weight is 279 g/mol. The van der Waals surface area contributed by atoms with Gasteiger partial charge in [0, 0.05) is 13.2 Å². The Morgan fingerprint density at radius 3 is 2.60 bits per heavy atom. The minimum absolute atomic E-state index is 0.0450. The fraction of sp³-hybridized carbons (Fsp3) is 0.692. The molecule has 20 heavy (non-hydrogen) atoms. The van der Waals surface area contributed by atoms with Gasteiger partial charge in [-0.3, -0.25) is 14.3 Å². The lowest BCUT2D eigenvalue weighted by atomic mass is 9.96. The molecule has 7 nitrogen and oxygen atoms in total. The maximum atomic E-state index is 12.5. The van der Waals surface area contributed by atoms with E-state index in [1.54, 1.807) is 22.8 Å². The second kappa shape index (κ2) is 5.60. The highest BCUT2D eigenvalue weighted by atomic mass is 16.2. The number of aromatic nitrogens is 3. The number of carbonyl (C=O) groups excluding carboxylic acids is 2. The van der Waals surface area contributed by atoms with Crippen molar-refractivity contribution >= 4 is 11.8 Å². The SMILES string of the molecule is CCC1NC(=O)C(C(C)C)N(Cc2cn(C)nn2)C1=O. The summed E-state index contributed by atoms with van der Waals surface area (Å²) in [5.74, 6) is -0.0831. The van der Waals surface area contributed by atoms with Gasteiger partial charge in [-0.05, 0) is 12.3 Å². The van der Waals surface area contributed by atoms with E-state index in [0.717, 1.165) is 0 Å². The molecular weight excluding hydrogens is 258 g/mol. The van der Waals surface area contributed by atoms with Crippen LogP contribution in [0.5, 0.6) is 0 Å². The number of hydrogen-bond donors (Lipinski definition) is 1. The van der Waals surface area contributed by atoms with E-state index >= 15 is 0 Å². The number of piperazine rings is 1. The van der Waals surface area contributed by atoms with Crippen LogP contribution in [-0.4, -0.2) is 43.8 Å². The third kappa shape index (κ3) is 2.66. The Morgan fingerprint density at radius 2 is 2.10 bits per heavy atom. The summed E-state index contributed by atoms with van der Waals surface area (Å²) in [6.07, 6.45) is 2.35. The largest absolute Gasteiger partial charge is 0.343 e. The van der Waals surface area contributed by atoms with E-state index in [-0.39, 0.29) is 17.7 Å². The molecule has 110 valence electrons. The Hall–Kier alpha value is -1.92. The minimum Gasteiger partial charge on any atom is -0.343 e. The monoisotopic (exact) mass is 279 g/mol. The van der Waals surface area contributed by atoms with Gasteiger partial charge < -0.3 is 10.2 Å². The summed E-state index contributed by atoms with van der Waals surface area (Å²) in [7, 11) is 1.77. The fourth-order valence-electron chi connectivity index (χ4n) is 2.56. The molecule has 0 saturated carbocycles. The first-order valence-electron chi connectivity index (χ1n) is 6.90. The summed E-state index contributed by atoms with van der Waals surface area (Å²) in [5.41, 5.74) is 0.691. The van der Waals surface area contributed by atoms with Crippen molar-refractivity contribution in [3.63, 3.8) is 0 Å². The van der Waals surface area contributed by atoms with Crippen LogP contribution in [0.25, 0.3) is 0 Å². The van der Waals surface area contributed by atoms with Gasteiger partial charge in [0.2, 0.25) is 11.8 Å². The smallest absolute Gasteiger partial charge is 0.246 e. The maximum Gasteiger partial charge on any atom is 0.246 e. The lowest BCUT2D eigenvalue weighted by molar-refractivity contribution is -0.152. The second-order valence-corrected chi connectivity index (χ2v) is 5.51. The van der Waals surface area contributed by atoms with Crippen LogP contribution in [0.3, 0.4) is 0 Å². The summed E-state index contributed by atoms with van der Waals surface area (Å²) in [6, 6.07) is -0.888. The van der Waals surface area contributed by atoms with Gasteiger partial charge in [-0.2, -0.15) is 0 Å². The van der Waals surface area contributed by atoms with Gasteiger partial charge in [0.25, 0.3) is 0 Å².